The molecular formula is C45H55N3O9. The number of cyclic esters (lactones) is 1. The van der Waals surface area contributed by atoms with Crippen LogP contribution in [-0.4, -0.2) is 75.6 Å². The summed E-state index contributed by atoms with van der Waals surface area (Å²) >= 11 is 0. The van der Waals surface area contributed by atoms with E-state index in [0.717, 1.165) is 12.1 Å². The molecule has 12 nitrogen and oxygen atoms in total. The first-order chi connectivity index (χ1) is 27.4. The average molecular weight is 782 g/mol. The summed E-state index contributed by atoms with van der Waals surface area (Å²) in [5.74, 6) is -2.61. The Morgan fingerprint density at radius 2 is 1.77 bits per heavy atom. The van der Waals surface area contributed by atoms with Crippen molar-refractivity contribution in [3.8, 4) is 17.2 Å². The standard InChI is InChI=1S/C45H55N3O9/c1-5-27(2)42(44(54)47-24-29-21-32(26-47)36-15-10-16-39(52)48(36)25-29)46-38(51)23-35(30-17-19-34(56-4)20-18-30)41-37(50)22-31-12-7-6-8-13-33(49)14-9-11-28(3)57-45(55)40(31)43(41)53/h7,10,12,15-20,22,27-29,32,35,42,50,53H,5-6,8-9,11,13-14,21,23-26H2,1-4H3,(H,46,51). The van der Waals surface area contributed by atoms with Crippen LogP contribution in [0, 0.1) is 11.8 Å². The zero-order valence-electron chi connectivity index (χ0n) is 33.4. The van der Waals surface area contributed by atoms with Crippen molar-refractivity contribution in [3.63, 3.8) is 0 Å². The van der Waals surface area contributed by atoms with Gasteiger partial charge in [0.15, 0.2) is 0 Å². The van der Waals surface area contributed by atoms with Crippen LogP contribution in [0.4, 0.5) is 0 Å². The Labute approximate surface area is 333 Å². The van der Waals surface area contributed by atoms with Gasteiger partial charge in [-0.15, -0.1) is 0 Å². The third kappa shape index (κ3) is 9.43. The number of methoxy groups -OCH3 is 1. The first kappa shape index (κ1) is 41.2. The van der Waals surface area contributed by atoms with Gasteiger partial charge in [0.2, 0.25) is 11.8 Å². The Bertz CT molecular complexity index is 2060. The Morgan fingerprint density at radius 1 is 1.02 bits per heavy atom. The van der Waals surface area contributed by atoms with Crippen LogP contribution in [0.3, 0.4) is 0 Å². The molecule has 304 valence electrons. The van der Waals surface area contributed by atoms with E-state index in [4.69, 9.17) is 9.47 Å². The van der Waals surface area contributed by atoms with E-state index in [-0.39, 0.29) is 63.9 Å². The number of nitrogens with one attached hydrogen (secondary N) is 1. The maximum absolute atomic E-state index is 14.4. The third-order valence-corrected chi connectivity index (χ3v) is 11.9. The number of carbonyl (C=O) groups excluding carboxylic acids is 4. The average Bonchev–Trinajstić information content (AvgIpc) is 3.18. The van der Waals surface area contributed by atoms with Crippen LogP contribution in [0.2, 0.25) is 0 Å². The Kier molecular flexibility index (Phi) is 13.2. The van der Waals surface area contributed by atoms with E-state index >= 15 is 0 Å². The fraction of sp³-hybridized carbons (Fsp3) is 0.489. The highest BCUT2D eigenvalue weighted by Gasteiger charge is 2.40. The van der Waals surface area contributed by atoms with Gasteiger partial charge in [0.05, 0.1) is 13.2 Å². The second-order valence-electron chi connectivity index (χ2n) is 16.0. The van der Waals surface area contributed by atoms with Crippen LogP contribution >= 0.6 is 0 Å². The zero-order chi connectivity index (χ0) is 40.8. The Balaban J connectivity index is 1.32. The summed E-state index contributed by atoms with van der Waals surface area (Å²) in [5.41, 5.74) is 1.53. The molecule has 57 heavy (non-hydrogen) atoms. The van der Waals surface area contributed by atoms with E-state index in [1.807, 2.05) is 29.4 Å². The summed E-state index contributed by atoms with van der Waals surface area (Å²) in [4.78, 5) is 69.1. The summed E-state index contributed by atoms with van der Waals surface area (Å²) in [7, 11) is 1.53. The lowest BCUT2D eigenvalue weighted by Gasteiger charge is -2.44. The smallest absolute Gasteiger partial charge is 0.342 e. The molecule has 6 unspecified atom stereocenters. The highest BCUT2D eigenvalue weighted by atomic mass is 16.5. The van der Waals surface area contributed by atoms with Crippen LogP contribution < -0.4 is 15.6 Å². The van der Waals surface area contributed by atoms with Crippen molar-refractivity contribution in [2.45, 2.75) is 109 Å². The topological polar surface area (TPSA) is 164 Å². The number of aromatic hydroxyl groups is 2. The molecule has 0 radical (unpaired) electrons. The van der Waals surface area contributed by atoms with E-state index in [0.29, 0.717) is 75.9 Å². The summed E-state index contributed by atoms with van der Waals surface area (Å²) in [5, 5.41) is 26.7. The number of piperidine rings is 1. The van der Waals surface area contributed by atoms with Crippen LogP contribution in [0.25, 0.3) is 6.08 Å². The van der Waals surface area contributed by atoms with Gasteiger partial charge >= 0.3 is 5.97 Å². The summed E-state index contributed by atoms with van der Waals surface area (Å²) in [6, 6.07) is 12.7. The van der Waals surface area contributed by atoms with Gasteiger partial charge < -0.3 is 34.5 Å². The molecule has 1 saturated heterocycles. The molecule has 6 rings (SSSR count). The maximum Gasteiger partial charge on any atom is 0.342 e. The fourth-order valence-corrected chi connectivity index (χ4v) is 8.62. The first-order valence-electron chi connectivity index (χ1n) is 20.3. The number of likely N-dealkylation sites (tertiary alicyclic amines) is 1. The number of hydrogen-bond donors (Lipinski definition) is 3. The second-order valence-corrected chi connectivity index (χ2v) is 16.0. The van der Waals surface area contributed by atoms with Gasteiger partial charge in [-0.05, 0) is 86.3 Å². The summed E-state index contributed by atoms with van der Waals surface area (Å²) < 4.78 is 13.0. The Hall–Kier alpha value is -5.39. The van der Waals surface area contributed by atoms with E-state index in [1.54, 1.807) is 55.5 Å². The van der Waals surface area contributed by atoms with Crippen molar-refractivity contribution in [2.24, 2.45) is 11.8 Å². The molecular weight excluding hydrogens is 727 g/mol. The number of esters is 1. The van der Waals surface area contributed by atoms with Crippen LogP contribution in [0.1, 0.15) is 123 Å². The van der Waals surface area contributed by atoms with E-state index in [2.05, 4.69) is 5.32 Å². The van der Waals surface area contributed by atoms with Crippen molar-refractivity contribution in [1.82, 2.24) is 14.8 Å². The number of nitrogens with zero attached hydrogens (tertiary/aromatic N) is 2. The van der Waals surface area contributed by atoms with Crippen LogP contribution in [-0.2, 0) is 25.7 Å². The normalized spacial score (nSPS) is 21.5. The molecule has 1 aromatic heterocycles. The molecule has 2 aromatic carbocycles. The van der Waals surface area contributed by atoms with Gasteiger partial charge in [-0.3, -0.25) is 19.2 Å². The fourth-order valence-electron chi connectivity index (χ4n) is 8.62. The number of pyridine rings is 1. The van der Waals surface area contributed by atoms with Crippen molar-refractivity contribution < 1.29 is 38.9 Å². The van der Waals surface area contributed by atoms with Crippen LogP contribution in [0.15, 0.2) is 59.4 Å². The lowest BCUT2D eigenvalue weighted by Crippen LogP contribution is -2.56. The number of fused-ring (bicyclic) bond motifs is 5. The minimum Gasteiger partial charge on any atom is -0.507 e. The van der Waals surface area contributed by atoms with Gasteiger partial charge in [0.1, 0.15) is 34.6 Å². The molecule has 0 saturated carbocycles. The van der Waals surface area contributed by atoms with Gasteiger partial charge in [0, 0.05) is 68.1 Å². The number of amides is 2. The third-order valence-electron chi connectivity index (χ3n) is 11.9. The highest BCUT2D eigenvalue weighted by Crippen LogP contribution is 2.44. The van der Waals surface area contributed by atoms with Gasteiger partial charge in [-0.1, -0.05) is 50.6 Å². The van der Waals surface area contributed by atoms with Crippen LogP contribution in [0.5, 0.6) is 17.2 Å². The number of ether oxygens (including phenoxy) is 2. The highest BCUT2D eigenvalue weighted by molar-refractivity contribution is 5.98. The molecule has 3 aliphatic heterocycles. The van der Waals surface area contributed by atoms with Crippen molar-refractivity contribution >= 4 is 29.6 Å². The molecule has 3 aliphatic rings. The second kappa shape index (κ2) is 18.3. The maximum atomic E-state index is 14.4. The molecule has 3 aromatic rings. The quantitative estimate of drug-likeness (QED) is 0.207. The van der Waals surface area contributed by atoms with Gasteiger partial charge in [0.25, 0.3) is 5.56 Å². The molecule has 0 spiro atoms. The molecule has 0 aliphatic carbocycles. The molecule has 4 heterocycles. The first-order valence-corrected chi connectivity index (χ1v) is 20.3. The summed E-state index contributed by atoms with van der Waals surface area (Å²) in [6.07, 6.45) is 7.15. The lowest BCUT2D eigenvalue weighted by atomic mass is 9.82. The Morgan fingerprint density at radius 3 is 2.51 bits per heavy atom. The number of phenols is 2. The lowest BCUT2D eigenvalue weighted by molar-refractivity contribution is -0.140. The van der Waals surface area contributed by atoms with E-state index in [1.165, 1.54) is 13.2 Å². The number of benzene rings is 2. The number of allylic oxidation sites excluding steroid dienone is 1. The molecule has 3 N–H and O–H groups in total. The summed E-state index contributed by atoms with van der Waals surface area (Å²) in [6.45, 7) is 7.07. The predicted octanol–water partition coefficient (Wildman–Crippen LogP) is 6.45. The number of ketones is 1. The number of phenolic OH excluding ortho intramolecular Hbond substituents is 2. The molecule has 1 fully saturated rings. The minimum atomic E-state index is -0.952. The number of carbonyl (C=O) groups is 4. The largest absolute Gasteiger partial charge is 0.507 e. The number of rotatable bonds is 9. The van der Waals surface area contributed by atoms with Gasteiger partial charge in [-0.2, -0.15) is 0 Å². The molecule has 6 atom stereocenters. The molecule has 2 amide bonds. The van der Waals surface area contributed by atoms with Crippen molar-refractivity contribution in [1.29, 1.82) is 0 Å². The van der Waals surface area contributed by atoms with Crippen molar-refractivity contribution in [3.05, 3.63) is 92.9 Å². The van der Waals surface area contributed by atoms with E-state index < -0.39 is 35.7 Å². The molecule has 2 bridgehead atoms. The van der Waals surface area contributed by atoms with Gasteiger partial charge in [-0.25, -0.2) is 4.79 Å². The minimum absolute atomic E-state index is 0.0108. The van der Waals surface area contributed by atoms with Crippen molar-refractivity contribution in [2.75, 3.05) is 20.2 Å². The number of hydrogen-bond acceptors (Lipinski definition) is 9. The zero-order valence-corrected chi connectivity index (χ0v) is 33.4. The molecule has 12 heteroatoms. The number of Topliss-reactive ketones (excluding diaryl/α,β-unsaturated/α-hetero) is 1. The van der Waals surface area contributed by atoms with E-state index in [9.17, 15) is 34.2 Å². The number of aromatic nitrogens is 1. The monoisotopic (exact) mass is 781 g/mol. The SMILES string of the molecule is CCC(C)C(NC(=O)CC(c1ccc(OC)cc1)c1c(O)cc2c(c1O)C(=O)OC(C)CCCC(=O)CCCC=C2)C(=O)N1CC2CC(C1)c1cccc(=O)n1C2. The predicted molar refractivity (Wildman–Crippen MR) is 215 cm³/mol.